The highest BCUT2D eigenvalue weighted by Crippen LogP contribution is 1.96. The first-order valence-electron chi connectivity index (χ1n) is 6.49. The maximum atomic E-state index is 10.9. The van der Waals surface area contributed by atoms with Crippen LogP contribution >= 0.6 is 0 Å². The first kappa shape index (κ1) is 21.3. The summed E-state index contributed by atoms with van der Waals surface area (Å²) in [5.74, 6) is -1.92. The third kappa shape index (κ3) is 4.64. The number of aromatic carboxylic acids is 2. The molecule has 0 saturated heterocycles. The van der Waals surface area contributed by atoms with Crippen molar-refractivity contribution < 1.29 is 63.1 Å². The second-order valence-electron chi connectivity index (χ2n) is 4.74. The average molecular weight is 454 g/mol. The molecule has 2 rings (SSSR count). The Bertz CT molecular complexity index is 638. The van der Waals surface area contributed by atoms with Crippen LogP contribution in [0.3, 0.4) is 0 Å². The van der Waals surface area contributed by atoms with Gasteiger partial charge >= 0.3 is 11.9 Å². The molecule has 0 spiro atoms. The predicted octanol–water partition coefficient (Wildman–Crippen LogP) is -6.57. The van der Waals surface area contributed by atoms with Crippen molar-refractivity contribution in [1.29, 1.82) is 0 Å². The zero-order valence-corrected chi connectivity index (χ0v) is 15.9. The van der Waals surface area contributed by atoms with E-state index < -0.39 is 11.9 Å². The molecule has 0 amide bonds. The standard InChI is InChI=1S/C13H16N4O4.2BrH/c1-14-10(12(18)19)4-8-16(14)6-3-7-17-9-5-11(13(20)21)15(17)2;;/h4-5,8-9H,3,6-7H2,1-2H3;2*1H. The Kier molecular flexibility index (Phi) is 8.18. The SMILES string of the molecule is Cn1c(C(=O)O)cc[n+]1CCC[n+]1ccc(C(=O)O)n1C.[Br-].[Br-]. The summed E-state index contributed by atoms with van der Waals surface area (Å²) >= 11 is 0. The zero-order valence-electron chi connectivity index (χ0n) is 12.7. The molecule has 0 saturated carbocycles. The fraction of sp³-hybridized carbons (Fsp3) is 0.385. The number of carboxylic acid groups (broad SMARTS) is 2. The number of hydrogen-bond donors (Lipinski definition) is 2. The molecule has 0 fully saturated rings. The van der Waals surface area contributed by atoms with Gasteiger partial charge in [0.05, 0.1) is 20.5 Å². The van der Waals surface area contributed by atoms with Crippen LogP contribution in [0.4, 0.5) is 0 Å². The molecule has 2 aromatic rings. The van der Waals surface area contributed by atoms with Gasteiger partial charge in [-0.05, 0) is 0 Å². The smallest absolute Gasteiger partial charge is 0.358 e. The number of hydrogen-bond acceptors (Lipinski definition) is 2. The van der Waals surface area contributed by atoms with Crippen molar-refractivity contribution in [2.45, 2.75) is 19.5 Å². The van der Waals surface area contributed by atoms with E-state index in [2.05, 4.69) is 0 Å². The molecular formula is C13H18Br2N4O4. The van der Waals surface area contributed by atoms with Crippen molar-refractivity contribution in [2.75, 3.05) is 0 Å². The fourth-order valence-electron chi connectivity index (χ4n) is 2.27. The van der Waals surface area contributed by atoms with Crippen LogP contribution < -0.4 is 43.3 Å². The highest BCUT2D eigenvalue weighted by Gasteiger charge is 2.19. The Morgan fingerprint density at radius 1 is 0.913 bits per heavy atom. The number of halogens is 2. The molecule has 8 nitrogen and oxygen atoms in total. The van der Waals surface area contributed by atoms with Gasteiger partial charge in [0, 0.05) is 12.1 Å². The normalized spacial score (nSPS) is 9.83. The number of carbonyl (C=O) groups is 2. The summed E-state index contributed by atoms with van der Waals surface area (Å²) in [4.78, 5) is 21.9. The van der Waals surface area contributed by atoms with Gasteiger partial charge in [-0.1, -0.05) is 0 Å². The van der Waals surface area contributed by atoms with E-state index in [1.54, 1.807) is 48.0 Å². The largest absolute Gasteiger partial charge is 1.00 e. The number of nitrogens with zero attached hydrogens (tertiary/aromatic N) is 4. The van der Waals surface area contributed by atoms with E-state index >= 15 is 0 Å². The zero-order chi connectivity index (χ0) is 15.6. The summed E-state index contributed by atoms with van der Waals surface area (Å²) in [6, 6.07) is 3.11. The fourth-order valence-corrected chi connectivity index (χ4v) is 2.27. The summed E-state index contributed by atoms with van der Waals surface area (Å²) < 4.78 is 6.79. The second-order valence-corrected chi connectivity index (χ2v) is 4.74. The van der Waals surface area contributed by atoms with E-state index in [0.29, 0.717) is 13.1 Å². The third-order valence-electron chi connectivity index (χ3n) is 3.49. The lowest BCUT2D eigenvalue weighted by Gasteiger charge is -1.99. The maximum absolute atomic E-state index is 10.9. The van der Waals surface area contributed by atoms with E-state index in [0.717, 1.165) is 6.42 Å². The Balaban J connectivity index is 0.00000242. The van der Waals surface area contributed by atoms with E-state index in [4.69, 9.17) is 10.2 Å². The molecule has 0 radical (unpaired) electrons. The minimum Gasteiger partial charge on any atom is -1.00 e. The Labute approximate surface area is 154 Å². The summed E-state index contributed by atoms with van der Waals surface area (Å²) in [5, 5.41) is 18.0. The van der Waals surface area contributed by atoms with E-state index in [-0.39, 0.29) is 45.4 Å². The molecule has 0 aliphatic carbocycles. The Hall–Kier alpha value is -1.68. The maximum Gasteiger partial charge on any atom is 0.358 e. The van der Waals surface area contributed by atoms with Crippen molar-refractivity contribution in [1.82, 2.24) is 9.36 Å². The van der Waals surface area contributed by atoms with Gasteiger partial charge in [-0.2, -0.15) is 0 Å². The summed E-state index contributed by atoms with van der Waals surface area (Å²) in [6.45, 7) is 1.29. The van der Waals surface area contributed by atoms with Crippen LogP contribution in [0.5, 0.6) is 0 Å². The average Bonchev–Trinajstić information content (AvgIpc) is 2.95. The van der Waals surface area contributed by atoms with Crippen LogP contribution in [0.2, 0.25) is 0 Å². The number of rotatable bonds is 6. The topological polar surface area (TPSA) is 92.2 Å². The molecule has 2 aromatic heterocycles. The molecule has 0 atom stereocenters. The summed E-state index contributed by atoms with van der Waals surface area (Å²) in [6.07, 6.45) is 4.20. The Morgan fingerprint density at radius 3 is 1.52 bits per heavy atom. The van der Waals surface area contributed by atoms with Gasteiger partial charge < -0.3 is 44.2 Å². The molecule has 0 aromatic carbocycles. The van der Waals surface area contributed by atoms with Gasteiger partial charge in [0.1, 0.15) is 0 Å². The molecule has 0 aliphatic heterocycles. The Morgan fingerprint density at radius 2 is 1.26 bits per heavy atom. The highest BCUT2D eigenvalue weighted by molar-refractivity contribution is 5.85. The number of aryl methyl sites for hydroxylation is 2. The van der Waals surface area contributed by atoms with E-state index in [9.17, 15) is 9.59 Å². The van der Waals surface area contributed by atoms with Crippen molar-refractivity contribution >= 4 is 11.9 Å². The molecule has 2 N–H and O–H groups in total. The molecular weight excluding hydrogens is 436 g/mol. The number of carboxylic acids is 2. The van der Waals surface area contributed by atoms with Crippen LogP contribution in [-0.2, 0) is 27.2 Å². The van der Waals surface area contributed by atoms with Gasteiger partial charge in [-0.25, -0.2) is 9.59 Å². The molecule has 0 aliphatic rings. The van der Waals surface area contributed by atoms with Crippen molar-refractivity contribution in [3.8, 4) is 0 Å². The number of aromatic nitrogens is 4. The molecule has 0 bridgehead atoms. The van der Waals surface area contributed by atoms with E-state index in [1.165, 1.54) is 0 Å². The van der Waals surface area contributed by atoms with Crippen LogP contribution in [0.15, 0.2) is 24.5 Å². The molecule has 0 unspecified atom stereocenters. The van der Waals surface area contributed by atoms with Crippen LogP contribution in [0.25, 0.3) is 0 Å². The predicted molar refractivity (Wildman–Crippen MR) is 69.8 cm³/mol. The lowest BCUT2D eigenvalue weighted by atomic mass is 10.4. The van der Waals surface area contributed by atoms with Gasteiger partial charge in [0.25, 0.3) is 0 Å². The molecule has 23 heavy (non-hydrogen) atoms. The first-order valence-corrected chi connectivity index (χ1v) is 6.49. The lowest BCUT2D eigenvalue weighted by Crippen LogP contribution is -3.00. The second kappa shape index (κ2) is 8.82. The monoisotopic (exact) mass is 452 g/mol. The third-order valence-corrected chi connectivity index (χ3v) is 3.49. The minimum atomic E-state index is -0.959. The van der Waals surface area contributed by atoms with Crippen molar-refractivity contribution in [3.05, 3.63) is 35.9 Å². The minimum absolute atomic E-state index is 0. The van der Waals surface area contributed by atoms with Crippen molar-refractivity contribution in [2.24, 2.45) is 14.1 Å². The summed E-state index contributed by atoms with van der Waals surface area (Å²) in [7, 11) is 3.39. The van der Waals surface area contributed by atoms with Crippen LogP contribution in [-0.4, -0.2) is 31.5 Å². The van der Waals surface area contributed by atoms with Crippen LogP contribution in [0.1, 0.15) is 27.4 Å². The molecule has 2 heterocycles. The highest BCUT2D eigenvalue weighted by atomic mass is 79.9. The van der Waals surface area contributed by atoms with Gasteiger partial charge in [-0.3, -0.25) is 0 Å². The first-order chi connectivity index (χ1) is 9.91. The quantitative estimate of drug-likeness (QED) is 0.425. The lowest BCUT2D eigenvalue weighted by molar-refractivity contribution is -0.799. The van der Waals surface area contributed by atoms with Crippen molar-refractivity contribution in [3.63, 3.8) is 0 Å². The van der Waals surface area contributed by atoms with Gasteiger partial charge in [0.15, 0.2) is 36.9 Å². The molecule has 128 valence electrons. The van der Waals surface area contributed by atoms with Gasteiger partial charge in [-0.15, -0.1) is 18.7 Å². The summed E-state index contributed by atoms with van der Waals surface area (Å²) in [5.41, 5.74) is 0.462. The van der Waals surface area contributed by atoms with E-state index in [1.807, 2.05) is 9.36 Å². The van der Waals surface area contributed by atoms with Crippen LogP contribution in [0, 0.1) is 0 Å². The molecule has 10 heteroatoms. The van der Waals surface area contributed by atoms with Gasteiger partial charge in [0.2, 0.25) is 0 Å².